The lowest BCUT2D eigenvalue weighted by Crippen LogP contribution is -2.49. The summed E-state index contributed by atoms with van der Waals surface area (Å²) in [7, 11) is 2.14. The van der Waals surface area contributed by atoms with Crippen molar-refractivity contribution >= 4 is 33.2 Å². The Bertz CT molecular complexity index is 509. The Morgan fingerprint density at radius 3 is 2.74 bits per heavy atom. The van der Waals surface area contributed by atoms with Gasteiger partial charge < -0.3 is 10.2 Å². The lowest BCUT2D eigenvalue weighted by molar-refractivity contribution is -0.117. The summed E-state index contributed by atoms with van der Waals surface area (Å²) in [5.41, 5.74) is 2.06. The van der Waals surface area contributed by atoms with Gasteiger partial charge in [0, 0.05) is 17.1 Å². The Kier molecular flexibility index (Phi) is 3.29. The van der Waals surface area contributed by atoms with Gasteiger partial charge in [-0.05, 0) is 31.0 Å². The van der Waals surface area contributed by atoms with Crippen molar-refractivity contribution in [1.82, 2.24) is 0 Å². The molecule has 1 fully saturated rings. The third-order valence-electron chi connectivity index (χ3n) is 4.58. The molecule has 0 atom stereocenters. The van der Waals surface area contributed by atoms with Gasteiger partial charge in [-0.15, -0.1) is 0 Å². The van der Waals surface area contributed by atoms with Gasteiger partial charge in [0.05, 0.1) is 17.8 Å². The van der Waals surface area contributed by atoms with Crippen LogP contribution in [0.15, 0.2) is 22.7 Å². The number of nitrogens with zero attached hydrogens (tertiary/aromatic N) is 1. The molecule has 1 heterocycles. The molecular weight excluding hydrogens is 304 g/mol. The second-order valence-electron chi connectivity index (χ2n) is 5.73. The minimum Gasteiger partial charge on any atom is -0.367 e. The summed E-state index contributed by atoms with van der Waals surface area (Å²) in [6.45, 7) is 0. The molecule has 1 N–H and O–H groups in total. The van der Waals surface area contributed by atoms with E-state index in [9.17, 15) is 4.79 Å². The quantitative estimate of drug-likeness (QED) is 0.784. The molecule has 3 rings (SSSR count). The van der Waals surface area contributed by atoms with Crippen LogP contribution in [-0.2, 0) is 4.79 Å². The highest BCUT2D eigenvalue weighted by Gasteiger charge is 2.40. The number of carbonyl (C=O) groups is 1. The Hall–Kier alpha value is -1.03. The minimum atomic E-state index is 0.00831. The van der Waals surface area contributed by atoms with Crippen LogP contribution >= 0.6 is 15.9 Å². The van der Waals surface area contributed by atoms with E-state index in [-0.39, 0.29) is 11.4 Å². The number of fused-ring (bicyclic) bond motifs is 1. The van der Waals surface area contributed by atoms with E-state index in [1.165, 1.54) is 19.3 Å². The molecule has 0 radical (unpaired) electrons. The van der Waals surface area contributed by atoms with Crippen LogP contribution in [0.25, 0.3) is 0 Å². The topological polar surface area (TPSA) is 32.3 Å². The highest BCUT2D eigenvalue weighted by atomic mass is 79.9. The van der Waals surface area contributed by atoms with Crippen molar-refractivity contribution in [1.29, 1.82) is 0 Å². The molecule has 0 aromatic heterocycles. The predicted octanol–water partition coefficient (Wildman–Crippen LogP) is 3.93. The summed E-state index contributed by atoms with van der Waals surface area (Å²) in [5, 5.41) is 3.05. The highest BCUT2D eigenvalue weighted by molar-refractivity contribution is 9.10. The summed E-state index contributed by atoms with van der Waals surface area (Å²) in [6, 6.07) is 6.07. The van der Waals surface area contributed by atoms with Crippen LogP contribution in [0, 0.1) is 0 Å². The van der Waals surface area contributed by atoms with Crippen LogP contribution in [0.3, 0.4) is 0 Å². The average molecular weight is 323 g/mol. The molecule has 1 aromatic carbocycles. The molecule has 1 aromatic rings. The van der Waals surface area contributed by atoms with Gasteiger partial charge in [-0.2, -0.15) is 0 Å². The van der Waals surface area contributed by atoms with Crippen molar-refractivity contribution in [2.24, 2.45) is 0 Å². The first-order valence-corrected chi connectivity index (χ1v) is 7.73. The van der Waals surface area contributed by atoms with Crippen molar-refractivity contribution in [3.8, 4) is 0 Å². The number of anilines is 2. The molecule has 1 aliphatic carbocycles. The van der Waals surface area contributed by atoms with E-state index >= 15 is 0 Å². The standard InChI is InChI=1S/C15H19BrN2O/c1-18-13-9-11(16)5-6-12(13)17-14(19)10-15(18)7-3-2-4-8-15/h5-6,9H,2-4,7-8,10H2,1H3,(H,17,19). The number of hydrogen-bond donors (Lipinski definition) is 1. The van der Waals surface area contributed by atoms with Crippen molar-refractivity contribution in [2.45, 2.75) is 44.1 Å². The van der Waals surface area contributed by atoms with Gasteiger partial charge >= 0.3 is 0 Å². The molecule has 3 nitrogen and oxygen atoms in total. The van der Waals surface area contributed by atoms with Crippen LogP contribution in [0.5, 0.6) is 0 Å². The molecule has 19 heavy (non-hydrogen) atoms. The molecule has 1 saturated carbocycles. The van der Waals surface area contributed by atoms with Crippen LogP contribution in [-0.4, -0.2) is 18.5 Å². The zero-order valence-corrected chi connectivity index (χ0v) is 12.8. The van der Waals surface area contributed by atoms with Gasteiger partial charge in [-0.25, -0.2) is 0 Å². The van der Waals surface area contributed by atoms with Crippen LogP contribution in [0.4, 0.5) is 11.4 Å². The molecule has 0 bridgehead atoms. The van der Waals surface area contributed by atoms with E-state index in [1.807, 2.05) is 12.1 Å². The summed E-state index contributed by atoms with van der Waals surface area (Å²) in [5.74, 6) is 0.148. The number of hydrogen-bond acceptors (Lipinski definition) is 2. The van der Waals surface area contributed by atoms with Gasteiger partial charge in [0.2, 0.25) is 5.91 Å². The van der Waals surface area contributed by atoms with Gasteiger partial charge in [0.1, 0.15) is 0 Å². The van der Waals surface area contributed by atoms with Crippen molar-refractivity contribution in [3.63, 3.8) is 0 Å². The summed E-state index contributed by atoms with van der Waals surface area (Å²) >= 11 is 3.53. The fourth-order valence-electron chi connectivity index (χ4n) is 3.48. The molecule has 1 spiro atoms. The SMILES string of the molecule is CN1c2cc(Br)ccc2NC(=O)CC12CCCCC2. The number of carbonyl (C=O) groups excluding carboxylic acids is 1. The number of amides is 1. The molecular formula is C15H19BrN2O. The molecule has 4 heteroatoms. The average Bonchev–Trinajstić information content (AvgIpc) is 2.49. The fourth-order valence-corrected chi connectivity index (χ4v) is 3.83. The normalized spacial score (nSPS) is 21.8. The van der Waals surface area contributed by atoms with E-state index in [4.69, 9.17) is 0 Å². The Balaban J connectivity index is 2.07. The summed E-state index contributed by atoms with van der Waals surface area (Å²) in [4.78, 5) is 14.5. The van der Waals surface area contributed by atoms with Crippen LogP contribution in [0.1, 0.15) is 38.5 Å². The summed E-state index contributed by atoms with van der Waals surface area (Å²) < 4.78 is 1.06. The maximum atomic E-state index is 12.2. The van der Waals surface area contributed by atoms with Crippen LogP contribution in [0.2, 0.25) is 0 Å². The molecule has 2 aliphatic rings. The number of rotatable bonds is 0. The molecule has 1 amide bonds. The van der Waals surface area contributed by atoms with E-state index in [0.29, 0.717) is 6.42 Å². The van der Waals surface area contributed by atoms with E-state index < -0.39 is 0 Å². The highest BCUT2D eigenvalue weighted by Crippen LogP contribution is 2.43. The van der Waals surface area contributed by atoms with E-state index in [2.05, 4.69) is 39.3 Å². The third kappa shape index (κ3) is 2.27. The smallest absolute Gasteiger partial charge is 0.226 e. The second-order valence-corrected chi connectivity index (χ2v) is 6.65. The maximum Gasteiger partial charge on any atom is 0.226 e. The van der Waals surface area contributed by atoms with E-state index in [0.717, 1.165) is 28.7 Å². The molecule has 0 unspecified atom stereocenters. The number of halogens is 1. The fraction of sp³-hybridized carbons (Fsp3) is 0.533. The zero-order chi connectivity index (χ0) is 13.5. The monoisotopic (exact) mass is 322 g/mol. The first-order chi connectivity index (χ1) is 9.11. The van der Waals surface area contributed by atoms with Gasteiger partial charge in [-0.3, -0.25) is 4.79 Å². The van der Waals surface area contributed by atoms with Gasteiger partial charge in [-0.1, -0.05) is 35.2 Å². The van der Waals surface area contributed by atoms with Crippen molar-refractivity contribution < 1.29 is 4.79 Å². The lowest BCUT2D eigenvalue weighted by atomic mass is 9.78. The Labute approximate surface area is 122 Å². The van der Waals surface area contributed by atoms with Crippen LogP contribution < -0.4 is 10.2 Å². The zero-order valence-electron chi connectivity index (χ0n) is 11.2. The number of benzene rings is 1. The largest absolute Gasteiger partial charge is 0.367 e. The molecule has 102 valence electrons. The molecule has 1 aliphatic heterocycles. The first-order valence-electron chi connectivity index (χ1n) is 6.94. The maximum absolute atomic E-state index is 12.2. The summed E-state index contributed by atoms with van der Waals surface area (Å²) in [6.07, 6.45) is 6.58. The third-order valence-corrected chi connectivity index (χ3v) is 5.07. The predicted molar refractivity (Wildman–Crippen MR) is 81.6 cm³/mol. The lowest BCUT2D eigenvalue weighted by Gasteiger charge is -2.44. The second kappa shape index (κ2) is 4.82. The van der Waals surface area contributed by atoms with Crippen molar-refractivity contribution in [3.05, 3.63) is 22.7 Å². The van der Waals surface area contributed by atoms with Gasteiger partial charge in [0.15, 0.2) is 0 Å². The van der Waals surface area contributed by atoms with Crippen molar-refractivity contribution in [2.75, 3.05) is 17.3 Å². The van der Waals surface area contributed by atoms with Gasteiger partial charge in [0.25, 0.3) is 0 Å². The first kappa shape index (κ1) is 13.0. The Morgan fingerprint density at radius 1 is 1.26 bits per heavy atom. The Morgan fingerprint density at radius 2 is 2.00 bits per heavy atom. The minimum absolute atomic E-state index is 0.00831. The van der Waals surface area contributed by atoms with E-state index in [1.54, 1.807) is 0 Å². The number of nitrogens with one attached hydrogen (secondary N) is 1. The molecule has 0 saturated heterocycles.